The van der Waals surface area contributed by atoms with Crippen LogP contribution in [0.4, 0.5) is 0 Å². The molecule has 0 aromatic carbocycles. The maximum atomic E-state index is 10.7. The molecule has 6 nitrogen and oxygen atoms in total. The summed E-state index contributed by atoms with van der Waals surface area (Å²) < 4.78 is 0. The molecule has 0 atom stereocenters. The number of rotatable bonds is 4. The Morgan fingerprint density at radius 1 is 0.895 bits per heavy atom. The largest absolute Gasteiger partial charge is 0.259 e. The fourth-order valence-corrected chi connectivity index (χ4v) is 2.27. The lowest BCUT2D eigenvalue weighted by Crippen LogP contribution is -2.05. The van der Waals surface area contributed by atoms with Gasteiger partial charge in [-0.2, -0.15) is 0 Å². The third kappa shape index (κ3) is 3.37. The normalized spacial score (nSPS) is 18.9. The van der Waals surface area contributed by atoms with Crippen molar-refractivity contribution < 1.29 is 9.85 Å². The van der Waals surface area contributed by atoms with E-state index in [1.807, 2.05) is 12.2 Å². The number of hydrogen-bond donors (Lipinski definition) is 0. The molecule has 6 heteroatoms. The Bertz CT molecular complexity index is 493. The van der Waals surface area contributed by atoms with Crippen molar-refractivity contribution in [2.45, 2.75) is 32.1 Å². The summed E-state index contributed by atoms with van der Waals surface area (Å²) in [6.45, 7) is 0. The first-order valence-corrected chi connectivity index (χ1v) is 6.14. The van der Waals surface area contributed by atoms with Crippen molar-refractivity contribution in [1.82, 2.24) is 0 Å². The summed E-state index contributed by atoms with van der Waals surface area (Å²) in [5, 5.41) is 21.5. The molecule has 0 heterocycles. The van der Waals surface area contributed by atoms with Crippen LogP contribution in [0.5, 0.6) is 0 Å². The first-order valence-electron chi connectivity index (χ1n) is 6.14. The van der Waals surface area contributed by atoms with Crippen molar-refractivity contribution in [1.29, 1.82) is 0 Å². The number of nitro groups is 2. The second-order valence-electron chi connectivity index (χ2n) is 4.60. The number of hydrogen-bond acceptors (Lipinski definition) is 4. The molecule has 100 valence electrons. The molecule has 0 N–H and O–H groups in total. The van der Waals surface area contributed by atoms with Crippen LogP contribution in [0.2, 0.25) is 0 Å². The van der Waals surface area contributed by atoms with Crippen molar-refractivity contribution >= 4 is 0 Å². The first kappa shape index (κ1) is 13.2. The maximum absolute atomic E-state index is 10.7. The summed E-state index contributed by atoms with van der Waals surface area (Å²) in [6.07, 6.45) is 9.82. The Kier molecular flexibility index (Phi) is 3.89. The van der Waals surface area contributed by atoms with E-state index < -0.39 is 0 Å². The van der Waals surface area contributed by atoms with Gasteiger partial charge in [-0.15, -0.1) is 0 Å². The van der Waals surface area contributed by atoms with E-state index in [2.05, 4.69) is 0 Å². The predicted octanol–water partition coefficient (Wildman–Crippen LogP) is 3.14. The molecule has 0 fully saturated rings. The maximum Gasteiger partial charge on any atom is 0.246 e. The van der Waals surface area contributed by atoms with Crippen LogP contribution in [0.1, 0.15) is 32.1 Å². The van der Waals surface area contributed by atoms with Gasteiger partial charge in [0.2, 0.25) is 11.4 Å². The Labute approximate surface area is 110 Å². The van der Waals surface area contributed by atoms with Gasteiger partial charge in [-0.3, -0.25) is 20.2 Å². The van der Waals surface area contributed by atoms with Gasteiger partial charge in [0.05, 0.1) is 9.85 Å². The quantitative estimate of drug-likeness (QED) is 0.575. The molecule has 0 aromatic heterocycles. The van der Waals surface area contributed by atoms with Gasteiger partial charge in [-0.1, -0.05) is 12.2 Å². The van der Waals surface area contributed by atoms with E-state index in [1.54, 1.807) is 12.2 Å². The molecule has 0 saturated carbocycles. The summed E-state index contributed by atoms with van der Waals surface area (Å²) in [5.41, 5.74) is 2.16. The third-order valence-corrected chi connectivity index (χ3v) is 3.20. The molecule has 2 aliphatic carbocycles. The lowest BCUT2D eigenvalue weighted by Gasteiger charge is -2.11. The molecule has 2 aliphatic rings. The van der Waals surface area contributed by atoms with Crippen LogP contribution in [0, 0.1) is 20.2 Å². The number of nitrogens with zero attached hydrogens (tertiary/aromatic N) is 2. The Morgan fingerprint density at radius 3 is 1.68 bits per heavy atom. The van der Waals surface area contributed by atoms with Crippen molar-refractivity contribution in [3.05, 3.63) is 67.1 Å². The summed E-state index contributed by atoms with van der Waals surface area (Å²) in [4.78, 5) is 20.7. The molecule has 0 radical (unpaired) electrons. The molecule has 0 spiro atoms. The van der Waals surface area contributed by atoms with Crippen LogP contribution >= 0.6 is 0 Å². The fraction of sp³-hybridized carbons (Fsp3) is 0.385. The number of allylic oxidation sites excluding steroid dienone is 8. The molecular weight excluding hydrogens is 248 g/mol. The Balaban J connectivity index is 2.10. The molecule has 0 unspecified atom stereocenters. The van der Waals surface area contributed by atoms with Gasteiger partial charge in [-0.25, -0.2) is 0 Å². The van der Waals surface area contributed by atoms with Gasteiger partial charge in [0.1, 0.15) is 0 Å². The van der Waals surface area contributed by atoms with E-state index >= 15 is 0 Å². The molecule has 19 heavy (non-hydrogen) atoms. The van der Waals surface area contributed by atoms with Crippen LogP contribution in [-0.2, 0) is 0 Å². The van der Waals surface area contributed by atoms with Gasteiger partial charge < -0.3 is 0 Å². The molecular formula is C13H14N2O4. The average molecular weight is 262 g/mol. The van der Waals surface area contributed by atoms with E-state index in [-0.39, 0.29) is 21.2 Å². The van der Waals surface area contributed by atoms with Gasteiger partial charge in [-0.05, 0) is 30.4 Å². The topological polar surface area (TPSA) is 86.3 Å². The van der Waals surface area contributed by atoms with Crippen molar-refractivity contribution in [3.63, 3.8) is 0 Å². The van der Waals surface area contributed by atoms with Crippen molar-refractivity contribution in [3.8, 4) is 0 Å². The minimum Gasteiger partial charge on any atom is -0.259 e. The van der Waals surface area contributed by atoms with Crippen LogP contribution in [-0.4, -0.2) is 9.85 Å². The second-order valence-corrected chi connectivity index (χ2v) is 4.60. The van der Waals surface area contributed by atoms with Crippen molar-refractivity contribution in [2.24, 2.45) is 0 Å². The summed E-state index contributed by atoms with van der Waals surface area (Å²) in [5.74, 6) is 0. The van der Waals surface area contributed by atoms with Gasteiger partial charge >= 0.3 is 0 Å². The van der Waals surface area contributed by atoms with E-state index in [4.69, 9.17) is 0 Å². The zero-order valence-electron chi connectivity index (χ0n) is 10.4. The van der Waals surface area contributed by atoms with Crippen LogP contribution < -0.4 is 0 Å². The zero-order valence-corrected chi connectivity index (χ0v) is 10.4. The summed E-state index contributed by atoms with van der Waals surface area (Å²) in [7, 11) is 0. The van der Waals surface area contributed by atoms with Gasteiger partial charge in [0.25, 0.3) is 0 Å². The molecule has 0 aromatic rings. The van der Waals surface area contributed by atoms with E-state index in [1.165, 1.54) is 0 Å². The SMILES string of the molecule is O=[N+]([O-])C1=CC(CC2=CCCC([N+](=O)[O-])=C2)=CCC1. The molecule has 0 aliphatic heterocycles. The van der Waals surface area contributed by atoms with Gasteiger partial charge in [0.15, 0.2) is 0 Å². The lowest BCUT2D eigenvalue weighted by molar-refractivity contribution is -0.428. The minimum atomic E-state index is -0.361. The highest BCUT2D eigenvalue weighted by Gasteiger charge is 2.18. The molecule has 0 saturated heterocycles. The standard InChI is InChI=1S/C13H14N2O4/c16-14(17)12-5-1-3-10(8-12)7-11-4-2-6-13(9-11)15(18)19/h3-4,8-9H,1-2,5-7H2. The highest BCUT2D eigenvalue weighted by atomic mass is 16.6. The molecule has 0 bridgehead atoms. The second kappa shape index (κ2) is 5.60. The van der Waals surface area contributed by atoms with Crippen LogP contribution in [0.15, 0.2) is 46.8 Å². The minimum absolute atomic E-state index is 0.215. The lowest BCUT2D eigenvalue weighted by atomic mass is 9.94. The predicted molar refractivity (Wildman–Crippen MR) is 69.4 cm³/mol. The monoisotopic (exact) mass is 262 g/mol. The fourth-order valence-electron chi connectivity index (χ4n) is 2.27. The zero-order chi connectivity index (χ0) is 13.8. The Morgan fingerprint density at radius 2 is 1.32 bits per heavy atom. The van der Waals surface area contributed by atoms with E-state index in [0.717, 1.165) is 11.1 Å². The van der Waals surface area contributed by atoms with E-state index in [0.29, 0.717) is 32.1 Å². The smallest absolute Gasteiger partial charge is 0.246 e. The molecule has 0 amide bonds. The summed E-state index contributed by atoms with van der Waals surface area (Å²) in [6, 6.07) is 0. The molecule has 2 rings (SSSR count). The summed E-state index contributed by atoms with van der Waals surface area (Å²) >= 11 is 0. The Hall–Kier alpha value is -2.24. The first-order chi connectivity index (χ1) is 9.06. The van der Waals surface area contributed by atoms with Crippen LogP contribution in [0.3, 0.4) is 0 Å². The highest BCUT2D eigenvalue weighted by Crippen LogP contribution is 2.27. The van der Waals surface area contributed by atoms with Crippen LogP contribution in [0.25, 0.3) is 0 Å². The average Bonchev–Trinajstić information content (AvgIpc) is 2.39. The van der Waals surface area contributed by atoms with E-state index in [9.17, 15) is 20.2 Å². The van der Waals surface area contributed by atoms with Gasteiger partial charge in [0, 0.05) is 25.0 Å². The third-order valence-electron chi connectivity index (χ3n) is 3.20. The highest BCUT2D eigenvalue weighted by molar-refractivity contribution is 5.35. The van der Waals surface area contributed by atoms with Crippen molar-refractivity contribution in [2.75, 3.05) is 0 Å².